The number of nitrogens with zero attached hydrogens (tertiary/aromatic N) is 1. The van der Waals surface area contributed by atoms with Crippen LogP contribution in [-0.4, -0.2) is 45.0 Å². The van der Waals surface area contributed by atoms with Crippen molar-refractivity contribution in [2.75, 3.05) is 0 Å². The monoisotopic (exact) mass is 535 g/mol. The van der Waals surface area contributed by atoms with Gasteiger partial charge in [-0.25, -0.2) is 4.79 Å². The summed E-state index contributed by atoms with van der Waals surface area (Å²) in [5, 5.41) is 19.2. The zero-order valence-corrected chi connectivity index (χ0v) is 22.7. The van der Waals surface area contributed by atoms with Crippen LogP contribution in [0, 0.1) is 17.8 Å². The maximum atomic E-state index is 13.1. The molecule has 1 rings (SSSR count). The molecule has 0 aromatic carbocycles. The fourth-order valence-corrected chi connectivity index (χ4v) is 4.76. The lowest BCUT2D eigenvalue weighted by Crippen LogP contribution is -2.45. The average molecular weight is 536 g/mol. The van der Waals surface area contributed by atoms with Crippen LogP contribution < -0.4 is 0 Å². The molecule has 214 valence electrons. The van der Waals surface area contributed by atoms with Gasteiger partial charge in [0.15, 0.2) is 5.41 Å². The summed E-state index contributed by atoms with van der Waals surface area (Å²) >= 11 is 0. The number of hydrogen-bond donors (Lipinski definition) is 2. The van der Waals surface area contributed by atoms with E-state index in [1.807, 2.05) is 0 Å². The number of carbonyl (C=O) groups excluding carboxylic acids is 3. The van der Waals surface area contributed by atoms with Crippen LogP contribution in [0.4, 0.5) is 0 Å². The lowest BCUT2D eigenvalue weighted by molar-refractivity contribution is -0.208. The van der Waals surface area contributed by atoms with E-state index < -0.39 is 35.1 Å². The van der Waals surface area contributed by atoms with Crippen molar-refractivity contribution < 1.29 is 39.0 Å². The maximum Gasteiger partial charge on any atom is 0.350 e. The minimum absolute atomic E-state index is 0.0518. The van der Waals surface area contributed by atoms with Gasteiger partial charge in [0, 0.05) is 25.7 Å². The van der Waals surface area contributed by atoms with Crippen molar-refractivity contribution in [3.63, 3.8) is 0 Å². The number of carboxylic acids is 2. The van der Waals surface area contributed by atoms with Crippen LogP contribution in [0.2, 0.25) is 0 Å². The number of hydrogen-bond acceptors (Lipinski definition) is 6. The van der Waals surface area contributed by atoms with Crippen LogP contribution in [0.3, 0.4) is 0 Å². The highest BCUT2D eigenvalue weighted by atomic mass is 16.7. The third-order valence-corrected chi connectivity index (χ3v) is 7.15. The van der Waals surface area contributed by atoms with Gasteiger partial charge in [-0.05, 0) is 25.7 Å². The second-order valence-corrected chi connectivity index (χ2v) is 10.2. The molecule has 1 aliphatic heterocycles. The Hall–Kier alpha value is -2.89. The molecule has 38 heavy (non-hydrogen) atoms. The molecule has 0 saturated carbocycles. The summed E-state index contributed by atoms with van der Waals surface area (Å²) in [6, 6.07) is 0. The molecule has 1 fully saturated rings. The van der Waals surface area contributed by atoms with Crippen LogP contribution in [0.25, 0.3) is 0 Å². The van der Waals surface area contributed by atoms with E-state index in [1.165, 1.54) is 0 Å². The predicted molar refractivity (Wildman–Crippen MR) is 141 cm³/mol. The van der Waals surface area contributed by atoms with E-state index in [9.17, 15) is 29.1 Å². The maximum absolute atomic E-state index is 13.1. The zero-order valence-electron chi connectivity index (χ0n) is 22.7. The van der Waals surface area contributed by atoms with E-state index in [2.05, 4.69) is 5.92 Å². The van der Waals surface area contributed by atoms with Gasteiger partial charge in [-0.15, -0.1) is 17.4 Å². The fraction of sp³-hybridized carbons (Fsp3) is 0.759. The molecule has 1 aliphatic rings. The Labute approximate surface area is 226 Å². The molecule has 0 aromatic heterocycles. The minimum Gasteiger partial charge on any atom is -0.481 e. The summed E-state index contributed by atoms with van der Waals surface area (Å²) in [4.78, 5) is 65.1. The minimum atomic E-state index is -1.80. The van der Waals surface area contributed by atoms with Crippen LogP contribution in [-0.2, 0) is 28.8 Å². The first-order chi connectivity index (χ1) is 18.2. The summed E-state index contributed by atoms with van der Waals surface area (Å²) < 4.78 is 0. The smallest absolute Gasteiger partial charge is 0.350 e. The Morgan fingerprint density at radius 3 is 1.58 bits per heavy atom. The lowest BCUT2D eigenvalue weighted by Gasteiger charge is -2.28. The molecule has 1 saturated heterocycles. The van der Waals surface area contributed by atoms with Gasteiger partial charge in [-0.1, -0.05) is 83.5 Å². The normalized spacial score (nSPS) is 14.8. The van der Waals surface area contributed by atoms with Crippen LogP contribution in [0.15, 0.2) is 0 Å². The van der Waals surface area contributed by atoms with Gasteiger partial charge in [0.1, 0.15) is 0 Å². The first-order valence-electron chi connectivity index (χ1n) is 14.2. The second kappa shape index (κ2) is 19.2. The number of unbranched alkanes of at least 4 members (excludes halogenated alkanes) is 14. The van der Waals surface area contributed by atoms with Crippen LogP contribution in [0.5, 0.6) is 0 Å². The van der Waals surface area contributed by atoms with Crippen LogP contribution in [0.1, 0.15) is 135 Å². The summed E-state index contributed by atoms with van der Waals surface area (Å²) in [6.07, 6.45) is 19.3. The molecule has 9 nitrogen and oxygen atoms in total. The number of aliphatic carboxylic acids is 2. The Bertz CT molecular complexity index is 802. The van der Waals surface area contributed by atoms with E-state index in [4.69, 9.17) is 16.4 Å². The van der Waals surface area contributed by atoms with E-state index in [1.54, 1.807) is 0 Å². The van der Waals surface area contributed by atoms with Gasteiger partial charge in [0.05, 0.1) is 0 Å². The average Bonchev–Trinajstić information content (AvgIpc) is 3.19. The number of rotatable bonds is 23. The number of carbonyl (C=O) groups is 5. The van der Waals surface area contributed by atoms with Crippen molar-refractivity contribution in [1.82, 2.24) is 5.06 Å². The third-order valence-electron chi connectivity index (χ3n) is 7.15. The Balaban J connectivity index is 2.59. The second-order valence-electron chi connectivity index (χ2n) is 10.2. The summed E-state index contributed by atoms with van der Waals surface area (Å²) in [5.41, 5.74) is -1.80. The Kier molecular flexibility index (Phi) is 16.8. The molecule has 0 radical (unpaired) electrons. The van der Waals surface area contributed by atoms with Gasteiger partial charge in [-0.3, -0.25) is 19.2 Å². The number of amides is 2. The van der Waals surface area contributed by atoms with Crippen molar-refractivity contribution in [3.05, 3.63) is 0 Å². The highest BCUT2D eigenvalue weighted by Crippen LogP contribution is 2.35. The van der Waals surface area contributed by atoms with E-state index >= 15 is 0 Å². The molecule has 0 spiro atoms. The molecule has 2 amide bonds. The first kappa shape index (κ1) is 33.1. The molecule has 9 heteroatoms. The molecule has 0 aliphatic carbocycles. The lowest BCUT2D eigenvalue weighted by atomic mass is 9.77. The van der Waals surface area contributed by atoms with Crippen molar-refractivity contribution in [3.8, 4) is 12.3 Å². The largest absolute Gasteiger partial charge is 0.481 e. The summed E-state index contributed by atoms with van der Waals surface area (Å²) in [5.74, 6) is -1.73. The standard InChI is InChI=1S/C29H45NO8/c1-2-3-4-5-6-8-11-14-17-22-29(27(35)36,28(37)38-30-24(31)20-21-25(30)32)23-18-15-12-9-7-10-13-16-19-26(33)34/h1H,3-23H2,(H,33,34)(H,35,36). The van der Waals surface area contributed by atoms with Gasteiger partial charge < -0.3 is 15.1 Å². The molecule has 1 atom stereocenters. The molecule has 1 heterocycles. The van der Waals surface area contributed by atoms with Gasteiger partial charge in [0.2, 0.25) is 0 Å². The fourth-order valence-electron chi connectivity index (χ4n) is 4.76. The van der Waals surface area contributed by atoms with Gasteiger partial charge in [0.25, 0.3) is 11.8 Å². The Morgan fingerprint density at radius 1 is 0.737 bits per heavy atom. The quantitative estimate of drug-likeness (QED) is 0.0725. The molecule has 1 unspecified atom stereocenters. The van der Waals surface area contributed by atoms with Crippen LogP contribution >= 0.6 is 0 Å². The highest BCUT2D eigenvalue weighted by molar-refractivity contribution is 6.04. The first-order valence-corrected chi connectivity index (χ1v) is 14.2. The molecule has 0 bridgehead atoms. The Morgan fingerprint density at radius 2 is 1.16 bits per heavy atom. The van der Waals surface area contributed by atoms with Crippen molar-refractivity contribution in [2.45, 2.75) is 135 Å². The highest BCUT2D eigenvalue weighted by Gasteiger charge is 2.49. The van der Waals surface area contributed by atoms with E-state index in [-0.39, 0.29) is 32.1 Å². The van der Waals surface area contributed by atoms with Crippen molar-refractivity contribution in [1.29, 1.82) is 0 Å². The van der Waals surface area contributed by atoms with E-state index in [0.717, 1.165) is 83.5 Å². The van der Waals surface area contributed by atoms with Crippen molar-refractivity contribution in [2.24, 2.45) is 5.41 Å². The molecule has 2 N–H and O–H groups in total. The molecule has 0 aromatic rings. The summed E-state index contributed by atoms with van der Waals surface area (Å²) in [6.45, 7) is 0. The summed E-state index contributed by atoms with van der Waals surface area (Å²) in [7, 11) is 0. The van der Waals surface area contributed by atoms with E-state index in [0.29, 0.717) is 24.3 Å². The molecular weight excluding hydrogens is 490 g/mol. The SMILES string of the molecule is C#CCCCCCCCCCC(CCCCCCCCCCC(=O)O)(C(=O)O)C(=O)ON1C(=O)CCC1=O. The van der Waals surface area contributed by atoms with Gasteiger partial charge in [-0.2, -0.15) is 0 Å². The number of carboxylic acid groups (broad SMARTS) is 2. The number of terminal acetylenes is 1. The topological polar surface area (TPSA) is 138 Å². The predicted octanol–water partition coefficient (Wildman–Crippen LogP) is 5.79. The van der Waals surface area contributed by atoms with Gasteiger partial charge >= 0.3 is 17.9 Å². The van der Waals surface area contributed by atoms with Crippen molar-refractivity contribution >= 4 is 29.7 Å². The molecular formula is C29H45NO8. The third kappa shape index (κ3) is 12.6. The zero-order chi connectivity index (χ0) is 28.2. The number of imide groups is 1. The number of hydroxylamine groups is 2.